The summed E-state index contributed by atoms with van der Waals surface area (Å²) in [5.74, 6) is 1.02. The van der Waals surface area contributed by atoms with Crippen molar-refractivity contribution in [3.8, 4) is 0 Å². The van der Waals surface area contributed by atoms with Crippen LogP contribution in [0.15, 0.2) is 29.3 Å². The van der Waals surface area contributed by atoms with Crippen molar-refractivity contribution in [1.29, 1.82) is 0 Å². The van der Waals surface area contributed by atoms with Gasteiger partial charge in [0.1, 0.15) is 0 Å². The van der Waals surface area contributed by atoms with Crippen LogP contribution in [0.5, 0.6) is 0 Å². The molecule has 1 aliphatic rings. The summed E-state index contributed by atoms with van der Waals surface area (Å²) in [6.45, 7) is 11.8. The van der Waals surface area contributed by atoms with E-state index in [0.717, 1.165) is 51.6 Å². The van der Waals surface area contributed by atoms with Gasteiger partial charge in [0.2, 0.25) is 5.91 Å². The second-order valence-corrected chi connectivity index (χ2v) is 7.03. The van der Waals surface area contributed by atoms with Crippen molar-refractivity contribution in [2.45, 2.75) is 52.7 Å². The van der Waals surface area contributed by atoms with E-state index < -0.39 is 0 Å². The molecule has 1 fully saturated rings. The van der Waals surface area contributed by atoms with Gasteiger partial charge in [0.25, 0.3) is 0 Å². The normalized spacial score (nSPS) is 17.4. The molecule has 6 nitrogen and oxygen atoms in total. The highest BCUT2D eigenvalue weighted by molar-refractivity contribution is 5.80. The standard InChI is InChI=1S/C21H35N5O/c1-5-20(27)26-13-12-19(16-26)24-21(22-4)23-14-17-8-10-18(11-9-17)15-25(6-2)7-3/h8-11,19H,5-7,12-16H2,1-4H3,(H2,22,23,24). The SMILES string of the molecule is CCC(=O)N1CCC(NC(=NC)NCc2ccc(CN(CC)CC)cc2)C1. The number of carbonyl (C=O) groups excluding carboxylic acids is 1. The number of benzene rings is 1. The minimum Gasteiger partial charge on any atom is -0.352 e. The van der Waals surface area contributed by atoms with Crippen LogP contribution in [0, 0.1) is 0 Å². The second-order valence-electron chi connectivity index (χ2n) is 7.03. The smallest absolute Gasteiger partial charge is 0.222 e. The van der Waals surface area contributed by atoms with Gasteiger partial charge in [0.05, 0.1) is 0 Å². The van der Waals surface area contributed by atoms with E-state index in [-0.39, 0.29) is 11.9 Å². The Morgan fingerprint density at radius 1 is 1.19 bits per heavy atom. The molecule has 0 spiro atoms. The van der Waals surface area contributed by atoms with E-state index in [0.29, 0.717) is 6.42 Å². The van der Waals surface area contributed by atoms with Crippen molar-refractivity contribution < 1.29 is 4.79 Å². The van der Waals surface area contributed by atoms with E-state index >= 15 is 0 Å². The first-order valence-corrected chi connectivity index (χ1v) is 10.1. The monoisotopic (exact) mass is 373 g/mol. The maximum absolute atomic E-state index is 11.8. The van der Waals surface area contributed by atoms with Gasteiger partial charge in [0.15, 0.2) is 5.96 Å². The van der Waals surface area contributed by atoms with Gasteiger partial charge in [-0.15, -0.1) is 0 Å². The molecule has 1 aromatic carbocycles. The summed E-state index contributed by atoms with van der Waals surface area (Å²) in [7, 11) is 1.78. The average Bonchev–Trinajstić information content (AvgIpc) is 3.18. The number of nitrogens with one attached hydrogen (secondary N) is 2. The molecule has 1 atom stereocenters. The van der Waals surface area contributed by atoms with Crippen LogP contribution in [0.3, 0.4) is 0 Å². The Hall–Kier alpha value is -2.08. The number of likely N-dealkylation sites (tertiary alicyclic amines) is 1. The molecule has 1 aliphatic heterocycles. The Kier molecular flexibility index (Phi) is 8.58. The lowest BCUT2D eigenvalue weighted by Gasteiger charge is -2.19. The fourth-order valence-corrected chi connectivity index (χ4v) is 3.37. The van der Waals surface area contributed by atoms with Crippen molar-refractivity contribution in [3.05, 3.63) is 35.4 Å². The molecular formula is C21H35N5O. The largest absolute Gasteiger partial charge is 0.352 e. The van der Waals surface area contributed by atoms with Crippen molar-refractivity contribution in [2.75, 3.05) is 33.2 Å². The molecule has 0 aliphatic carbocycles. The lowest BCUT2D eigenvalue weighted by molar-refractivity contribution is -0.129. The first kappa shape index (κ1) is 21.2. The Balaban J connectivity index is 1.80. The minimum absolute atomic E-state index is 0.229. The predicted molar refractivity (Wildman–Crippen MR) is 112 cm³/mol. The first-order valence-electron chi connectivity index (χ1n) is 10.1. The molecule has 150 valence electrons. The third kappa shape index (κ3) is 6.54. The van der Waals surface area contributed by atoms with E-state index in [4.69, 9.17) is 0 Å². The van der Waals surface area contributed by atoms with Crippen molar-refractivity contribution in [3.63, 3.8) is 0 Å². The Morgan fingerprint density at radius 3 is 2.44 bits per heavy atom. The van der Waals surface area contributed by atoms with Gasteiger partial charge >= 0.3 is 0 Å². The van der Waals surface area contributed by atoms with Gasteiger partial charge < -0.3 is 15.5 Å². The molecule has 6 heteroatoms. The quantitative estimate of drug-likeness (QED) is 0.542. The van der Waals surface area contributed by atoms with Crippen LogP contribution in [0.4, 0.5) is 0 Å². The third-order valence-electron chi connectivity index (χ3n) is 5.19. The summed E-state index contributed by atoms with van der Waals surface area (Å²) < 4.78 is 0. The second kappa shape index (κ2) is 10.9. The molecule has 1 saturated heterocycles. The van der Waals surface area contributed by atoms with E-state index in [1.54, 1.807) is 7.05 Å². The molecule has 2 N–H and O–H groups in total. The fourth-order valence-electron chi connectivity index (χ4n) is 3.37. The van der Waals surface area contributed by atoms with Crippen LogP contribution in [0.25, 0.3) is 0 Å². The highest BCUT2D eigenvalue weighted by atomic mass is 16.2. The molecule has 0 aromatic heterocycles. The van der Waals surface area contributed by atoms with Crippen LogP contribution in [-0.2, 0) is 17.9 Å². The summed E-state index contributed by atoms with van der Waals surface area (Å²) in [6, 6.07) is 9.03. The minimum atomic E-state index is 0.229. The van der Waals surface area contributed by atoms with Crippen LogP contribution < -0.4 is 10.6 Å². The average molecular weight is 374 g/mol. The van der Waals surface area contributed by atoms with Crippen molar-refractivity contribution >= 4 is 11.9 Å². The topological polar surface area (TPSA) is 60.0 Å². The number of nitrogens with zero attached hydrogens (tertiary/aromatic N) is 3. The lowest BCUT2D eigenvalue weighted by Crippen LogP contribution is -2.44. The third-order valence-corrected chi connectivity index (χ3v) is 5.19. The molecule has 1 unspecified atom stereocenters. The maximum atomic E-state index is 11.8. The predicted octanol–water partition coefficient (Wildman–Crippen LogP) is 2.20. The number of aliphatic imine (C=N–C) groups is 1. The van der Waals surface area contributed by atoms with E-state index in [1.807, 2.05) is 11.8 Å². The summed E-state index contributed by atoms with van der Waals surface area (Å²) in [5, 5.41) is 6.81. The van der Waals surface area contributed by atoms with Crippen LogP contribution >= 0.6 is 0 Å². The molecular weight excluding hydrogens is 338 g/mol. The van der Waals surface area contributed by atoms with Gasteiger partial charge in [-0.1, -0.05) is 45.0 Å². The molecule has 2 rings (SSSR count). The zero-order valence-corrected chi connectivity index (χ0v) is 17.3. The van der Waals surface area contributed by atoms with Crippen LogP contribution in [0.1, 0.15) is 44.7 Å². The zero-order chi connectivity index (χ0) is 19.6. The van der Waals surface area contributed by atoms with Gasteiger partial charge in [-0.25, -0.2) is 0 Å². The highest BCUT2D eigenvalue weighted by Gasteiger charge is 2.25. The summed E-state index contributed by atoms with van der Waals surface area (Å²) in [5.41, 5.74) is 2.58. The van der Waals surface area contributed by atoms with Crippen molar-refractivity contribution in [1.82, 2.24) is 20.4 Å². The molecule has 1 aromatic rings. The molecule has 1 heterocycles. The molecule has 0 bridgehead atoms. The van der Waals surface area contributed by atoms with Gasteiger partial charge in [-0.05, 0) is 30.6 Å². The number of guanidine groups is 1. The summed E-state index contributed by atoms with van der Waals surface area (Å²) in [4.78, 5) is 20.5. The molecule has 27 heavy (non-hydrogen) atoms. The highest BCUT2D eigenvalue weighted by Crippen LogP contribution is 2.11. The van der Waals surface area contributed by atoms with Crippen LogP contribution in [-0.4, -0.2) is 60.9 Å². The Labute approximate surface area is 164 Å². The number of hydrogen-bond donors (Lipinski definition) is 2. The molecule has 1 amide bonds. The Bertz CT molecular complexity index is 610. The van der Waals surface area contributed by atoms with Gasteiger partial charge in [-0.2, -0.15) is 0 Å². The zero-order valence-electron chi connectivity index (χ0n) is 17.3. The summed E-state index contributed by atoms with van der Waals surface area (Å²) >= 11 is 0. The fraction of sp³-hybridized carbons (Fsp3) is 0.619. The number of amides is 1. The van der Waals surface area contributed by atoms with E-state index in [9.17, 15) is 4.79 Å². The summed E-state index contributed by atoms with van der Waals surface area (Å²) in [6.07, 6.45) is 1.54. The van der Waals surface area contributed by atoms with Gasteiger partial charge in [0, 0.05) is 45.7 Å². The van der Waals surface area contributed by atoms with Gasteiger partial charge in [-0.3, -0.25) is 14.7 Å². The molecule has 0 radical (unpaired) electrons. The molecule has 0 saturated carbocycles. The lowest BCUT2D eigenvalue weighted by atomic mass is 10.1. The Morgan fingerprint density at radius 2 is 1.85 bits per heavy atom. The van der Waals surface area contributed by atoms with Crippen LogP contribution in [0.2, 0.25) is 0 Å². The number of carbonyl (C=O) groups is 1. The maximum Gasteiger partial charge on any atom is 0.222 e. The van der Waals surface area contributed by atoms with Crippen molar-refractivity contribution in [2.24, 2.45) is 4.99 Å². The number of rotatable bonds is 8. The van der Waals surface area contributed by atoms with E-state index in [2.05, 4.69) is 58.6 Å². The van der Waals surface area contributed by atoms with E-state index in [1.165, 1.54) is 11.1 Å². The number of hydrogen-bond acceptors (Lipinski definition) is 3. The first-order chi connectivity index (χ1) is 13.1.